The minimum atomic E-state index is 0.519. The summed E-state index contributed by atoms with van der Waals surface area (Å²) in [6, 6.07) is 0. The summed E-state index contributed by atoms with van der Waals surface area (Å²) in [6.07, 6.45) is 7.84. The summed E-state index contributed by atoms with van der Waals surface area (Å²) >= 11 is 0. The molecule has 0 aromatic rings. The molecule has 0 radical (unpaired) electrons. The van der Waals surface area contributed by atoms with E-state index in [0.29, 0.717) is 6.54 Å². The second-order valence-electron chi connectivity index (χ2n) is 3.26. The van der Waals surface area contributed by atoms with Crippen LogP contribution in [0.3, 0.4) is 0 Å². The Balaban J connectivity index is 2.85. The zero-order chi connectivity index (χ0) is 9.14. The first-order chi connectivity index (χ1) is 5.70. The van der Waals surface area contributed by atoms with E-state index in [-0.39, 0.29) is 0 Å². The van der Waals surface area contributed by atoms with Gasteiger partial charge in [-0.05, 0) is 31.3 Å². The fraction of sp³-hybridized carbons (Fsp3) is 0.455. The summed E-state index contributed by atoms with van der Waals surface area (Å²) in [5, 5.41) is 0. The minimum absolute atomic E-state index is 0.519. The van der Waals surface area contributed by atoms with Crippen LogP contribution in [0.25, 0.3) is 0 Å². The molecule has 0 bridgehead atoms. The quantitative estimate of drug-likeness (QED) is 0.496. The highest BCUT2D eigenvalue weighted by Gasteiger charge is 2.25. The highest BCUT2D eigenvalue weighted by molar-refractivity contribution is 5.46. The average molecular weight is 161 g/mol. The van der Waals surface area contributed by atoms with Gasteiger partial charge in [0.05, 0.1) is 0 Å². The molecule has 0 heterocycles. The number of terminal acetylenes is 1. The molecule has 0 atom stereocenters. The molecular formula is C11H15N. The highest BCUT2D eigenvalue weighted by atomic mass is 14.5. The van der Waals surface area contributed by atoms with Crippen molar-refractivity contribution in [2.75, 3.05) is 6.54 Å². The summed E-state index contributed by atoms with van der Waals surface area (Å²) in [4.78, 5) is 0. The number of nitrogens with two attached hydrogens (primary N) is 1. The topological polar surface area (TPSA) is 26.0 Å². The normalized spacial score (nSPS) is 18.1. The predicted octanol–water partition coefficient (Wildman–Crippen LogP) is 1.86. The van der Waals surface area contributed by atoms with Crippen molar-refractivity contribution in [3.63, 3.8) is 0 Å². The van der Waals surface area contributed by atoms with Gasteiger partial charge in [0, 0.05) is 12.1 Å². The molecule has 1 nitrogen and oxygen atoms in total. The molecule has 0 unspecified atom stereocenters. The summed E-state index contributed by atoms with van der Waals surface area (Å²) in [5.41, 5.74) is 8.78. The predicted molar refractivity (Wildman–Crippen MR) is 52.5 cm³/mol. The Kier molecular flexibility index (Phi) is 2.73. The van der Waals surface area contributed by atoms with Crippen molar-refractivity contribution in [2.24, 2.45) is 11.7 Å². The standard InChI is InChI=1S/C11H15N/c1-4-8(2)11(7-12)9(3)10-5-6-10/h1,10H,2,5-7,12H2,3H3/b11-9-. The third-order valence-electron chi connectivity index (χ3n) is 2.41. The van der Waals surface area contributed by atoms with Crippen LogP contribution in [0.1, 0.15) is 19.8 Å². The Bertz CT molecular complexity index is 261. The smallest absolute Gasteiger partial charge is 0.0215 e. The highest BCUT2D eigenvalue weighted by Crippen LogP contribution is 2.38. The van der Waals surface area contributed by atoms with Crippen LogP contribution in [0.15, 0.2) is 23.3 Å². The molecule has 1 saturated carbocycles. The third kappa shape index (κ3) is 1.78. The molecule has 1 aliphatic rings. The van der Waals surface area contributed by atoms with Gasteiger partial charge in [0.1, 0.15) is 0 Å². The molecule has 0 amide bonds. The zero-order valence-corrected chi connectivity index (χ0v) is 7.56. The molecule has 12 heavy (non-hydrogen) atoms. The van der Waals surface area contributed by atoms with Crippen LogP contribution in [0.5, 0.6) is 0 Å². The van der Waals surface area contributed by atoms with Crippen molar-refractivity contribution < 1.29 is 0 Å². The van der Waals surface area contributed by atoms with Crippen LogP contribution < -0.4 is 5.73 Å². The summed E-state index contributed by atoms with van der Waals surface area (Å²) < 4.78 is 0. The SMILES string of the molecule is C#CC(=C)/C(CN)=C(/C)C1CC1. The van der Waals surface area contributed by atoms with Crippen LogP contribution in [-0.2, 0) is 0 Å². The molecule has 0 spiro atoms. The largest absolute Gasteiger partial charge is 0.326 e. The molecule has 1 rings (SSSR count). The summed E-state index contributed by atoms with van der Waals surface area (Å²) in [6.45, 7) is 6.43. The first-order valence-corrected chi connectivity index (χ1v) is 4.26. The Hall–Kier alpha value is -1.00. The fourth-order valence-corrected chi connectivity index (χ4v) is 1.37. The van der Waals surface area contributed by atoms with Crippen molar-refractivity contribution in [3.05, 3.63) is 23.3 Å². The molecule has 2 N–H and O–H groups in total. The Morgan fingerprint density at radius 3 is 2.58 bits per heavy atom. The van der Waals surface area contributed by atoms with E-state index in [0.717, 1.165) is 17.1 Å². The molecule has 64 valence electrons. The maximum Gasteiger partial charge on any atom is 0.0215 e. The van der Waals surface area contributed by atoms with Gasteiger partial charge in [0.25, 0.3) is 0 Å². The third-order valence-corrected chi connectivity index (χ3v) is 2.41. The molecule has 1 fully saturated rings. The monoisotopic (exact) mass is 161 g/mol. The van der Waals surface area contributed by atoms with Crippen LogP contribution in [0, 0.1) is 18.3 Å². The zero-order valence-electron chi connectivity index (χ0n) is 7.56. The first kappa shape index (κ1) is 9.09. The van der Waals surface area contributed by atoms with E-state index in [4.69, 9.17) is 12.2 Å². The van der Waals surface area contributed by atoms with E-state index in [9.17, 15) is 0 Å². The van der Waals surface area contributed by atoms with Gasteiger partial charge in [-0.2, -0.15) is 0 Å². The minimum Gasteiger partial charge on any atom is -0.326 e. The van der Waals surface area contributed by atoms with Crippen molar-refractivity contribution in [1.29, 1.82) is 0 Å². The molecule has 0 aliphatic heterocycles. The lowest BCUT2D eigenvalue weighted by Gasteiger charge is -2.07. The lowest BCUT2D eigenvalue weighted by atomic mass is 9.99. The lowest BCUT2D eigenvalue weighted by Crippen LogP contribution is -2.07. The van der Waals surface area contributed by atoms with Gasteiger partial charge in [-0.1, -0.05) is 18.1 Å². The van der Waals surface area contributed by atoms with Crippen LogP contribution in [0.2, 0.25) is 0 Å². The maximum absolute atomic E-state index is 5.60. The number of hydrogen-bond donors (Lipinski definition) is 1. The maximum atomic E-state index is 5.60. The van der Waals surface area contributed by atoms with E-state index in [2.05, 4.69) is 19.4 Å². The molecule has 0 saturated heterocycles. The van der Waals surface area contributed by atoms with Gasteiger partial charge in [-0.25, -0.2) is 0 Å². The van der Waals surface area contributed by atoms with Crippen molar-refractivity contribution in [2.45, 2.75) is 19.8 Å². The van der Waals surface area contributed by atoms with Gasteiger partial charge < -0.3 is 5.73 Å². The number of rotatable bonds is 3. The summed E-state index contributed by atoms with van der Waals surface area (Å²) in [7, 11) is 0. The van der Waals surface area contributed by atoms with Crippen LogP contribution in [-0.4, -0.2) is 6.54 Å². The van der Waals surface area contributed by atoms with E-state index in [1.54, 1.807) is 0 Å². The Labute approximate surface area is 74.3 Å². The summed E-state index contributed by atoms with van der Waals surface area (Å²) in [5.74, 6) is 3.28. The average Bonchev–Trinajstić information content (AvgIpc) is 2.87. The Morgan fingerprint density at radius 2 is 2.25 bits per heavy atom. The fourth-order valence-electron chi connectivity index (χ4n) is 1.37. The van der Waals surface area contributed by atoms with E-state index >= 15 is 0 Å². The van der Waals surface area contributed by atoms with Crippen molar-refractivity contribution in [1.82, 2.24) is 0 Å². The van der Waals surface area contributed by atoms with Crippen LogP contribution >= 0.6 is 0 Å². The van der Waals surface area contributed by atoms with Gasteiger partial charge in [0.2, 0.25) is 0 Å². The lowest BCUT2D eigenvalue weighted by molar-refractivity contribution is 0.958. The molecule has 0 aromatic heterocycles. The second kappa shape index (κ2) is 3.60. The van der Waals surface area contributed by atoms with E-state index < -0.39 is 0 Å². The first-order valence-electron chi connectivity index (χ1n) is 4.26. The number of hydrogen-bond acceptors (Lipinski definition) is 1. The molecule has 1 heteroatoms. The molecule has 0 aromatic carbocycles. The second-order valence-corrected chi connectivity index (χ2v) is 3.26. The van der Waals surface area contributed by atoms with Crippen LogP contribution in [0.4, 0.5) is 0 Å². The van der Waals surface area contributed by atoms with Gasteiger partial charge in [-0.3, -0.25) is 0 Å². The molecular weight excluding hydrogens is 146 g/mol. The number of allylic oxidation sites excluding steroid dienone is 1. The van der Waals surface area contributed by atoms with Gasteiger partial charge in [0.15, 0.2) is 0 Å². The van der Waals surface area contributed by atoms with E-state index in [1.165, 1.54) is 18.4 Å². The molecule has 1 aliphatic carbocycles. The van der Waals surface area contributed by atoms with Crippen molar-refractivity contribution >= 4 is 0 Å². The van der Waals surface area contributed by atoms with Gasteiger partial charge >= 0.3 is 0 Å². The van der Waals surface area contributed by atoms with E-state index in [1.807, 2.05) is 0 Å². The van der Waals surface area contributed by atoms with Gasteiger partial charge in [-0.15, -0.1) is 6.42 Å². The Morgan fingerprint density at radius 1 is 1.67 bits per heavy atom. The van der Waals surface area contributed by atoms with Crippen molar-refractivity contribution in [3.8, 4) is 12.3 Å².